The Bertz CT molecular complexity index is 989. The third-order valence-corrected chi connectivity index (χ3v) is 3.75. The monoisotopic (exact) mass is 297 g/mol. The van der Waals surface area contributed by atoms with Crippen LogP contribution in [0.25, 0.3) is 22.9 Å². The molecule has 2 aromatic heterocycles. The molecular weight excluding hydrogens is 286 g/mol. The quantitative estimate of drug-likeness (QED) is 0.726. The summed E-state index contributed by atoms with van der Waals surface area (Å²) < 4.78 is 1.81. The average Bonchev–Trinajstić information content (AvgIpc) is 3.19. The van der Waals surface area contributed by atoms with Crippen LogP contribution < -0.4 is 0 Å². The van der Waals surface area contributed by atoms with Crippen LogP contribution in [0.1, 0.15) is 12.0 Å². The molecule has 5 nitrogen and oxygen atoms in total. The first kappa shape index (κ1) is 13.2. The molecule has 0 N–H and O–H groups in total. The highest BCUT2D eigenvalue weighted by Gasteiger charge is 2.13. The van der Waals surface area contributed by atoms with E-state index in [-0.39, 0.29) is 0 Å². The Balaban J connectivity index is 1.69. The molecule has 1 aliphatic carbocycles. The van der Waals surface area contributed by atoms with Gasteiger partial charge in [-0.2, -0.15) is 15.4 Å². The Morgan fingerprint density at radius 1 is 1.35 bits per heavy atom. The number of aromatic nitrogens is 3. The SMILES string of the molecule is N#CC1=CC=CC(n2cc(-c3ccnc4c3C=C=N4)cn2)=CC1. The summed E-state index contributed by atoms with van der Waals surface area (Å²) in [6.45, 7) is 0. The standard InChI is InChI=1S/C18H11N5/c19-10-13-2-1-3-15(5-4-13)23-12-14(11-22-23)16-6-8-20-18-17(16)7-9-21-18/h1-3,5-8,11-12H,4H2. The molecule has 2 aliphatic rings. The first-order valence-corrected chi connectivity index (χ1v) is 7.16. The third-order valence-electron chi connectivity index (χ3n) is 3.75. The second-order valence-electron chi connectivity index (χ2n) is 5.15. The molecule has 0 bridgehead atoms. The van der Waals surface area contributed by atoms with Crippen LogP contribution in [0.4, 0.5) is 5.82 Å². The van der Waals surface area contributed by atoms with Crippen LogP contribution in [-0.2, 0) is 0 Å². The van der Waals surface area contributed by atoms with Gasteiger partial charge in [0.2, 0.25) is 0 Å². The lowest BCUT2D eigenvalue weighted by molar-refractivity contribution is 0.906. The second-order valence-corrected chi connectivity index (χ2v) is 5.15. The van der Waals surface area contributed by atoms with Crippen LogP contribution >= 0.6 is 0 Å². The van der Waals surface area contributed by atoms with E-state index in [0.717, 1.165) is 28.0 Å². The van der Waals surface area contributed by atoms with E-state index in [1.54, 1.807) is 6.20 Å². The molecule has 1 aliphatic heterocycles. The van der Waals surface area contributed by atoms with Gasteiger partial charge in [0.25, 0.3) is 0 Å². The zero-order valence-electron chi connectivity index (χ0n) is 12.1. The van der Waals surface area contributed by atoms with E-state index >= 15 is 0 Å². The van der Waals surface area contributed by atoms with Crippen molar-refractivity contribution in [3.63, 3.8) is 0 Å². The van der Waals surface area contributed by atoms with E-state index in [1.165, 1.54) is 0 Å². The first-order valence-electron chi connectivity index (χ1n) is 7.16. The molecule has 0 radical (unpaired) electrons. The number of nitriles is 1. The lowest BCUT2D eigenvalue weighted by atomic mass is 10.1. The topological polar surface area (TPSA) is 66.9 Å². The van der Waals surface area contributed by atoms with Crippen molar-refractivity contribution in [2.75, 3.05) is 0 Å². The maximum absolute atomic E-state index is 8.99. The lowest BCUT2D eigenvalue weighted by Gasteiger charge is -2.03. The van der Waals surface area contributed by atoms with E-state index in [9.17, 15) is 0 Å². The van der Waals surface area contributed by atoms with Crippen LogP contribution in [0, 0.1) is 11.3 Å². The van der Waals surface area contributed by atoms with Crippen molar-refractivity contribution in [2.45, 2.75) is 6.42 Å². The van der Waals surface area contributed by atoms with Gasteiger partial charge in [0, 0.05) is 41.6 Å². The fraction of sp³-hybridized carbons (Fsp3) is 0.0556. The minimum Gasteiger partial charge on any atom is -0.241 e. The minimum atomic E-state index is 0.606. The van der Waals surface area contributed by atoms with Crippen molar-refractivity contribution < 1.29 is 0 Å². The first-order chi connectivity index (χ1) is 11.3. The Morgan fingerprint density at radius 2 is 2.30 bits per heavy atom. The molecule has 0 saturated heterocycles. The number of pyridine rings is 1. The molecule has 0 unspecified atom stereocenters. The molecule has 4 rings (SSSR count). The summed E-state index contributed by atoms with van der Waals surface area (Å²) in [7, 11) is 0. The number of fused-ring (bicyclic) bond motifs is 1. The van der Waals surface area contributed by atoms with Crippen molar-refractivity contribution in [2.24, 2.45) is 4.99 Å². The highest BCUT2D eigenvalue weighted by atomic mass is 15.3. The lowest BCUT2D eigenvalue weighted by Crippen LogP contribution is -1.94. The molecule has 0 amide bonds. The van der Waals surface area contributed by atoms with Gasteiger partial charge in [0.05, 0.1) is 18.0 Å². The molecule has 3 heterocycles. The van der Waals surface area contributed by atoms with Crippen molar-refractivity contribution in [3.8, 4) is 17.2 Å². The Labute approximate surface area is 132 Å². The number of aliphatic imine (C=N–C) groups is 1. The van der Waals surface area contributed by atoms with Gasteiger partial charge in [0.1, 0.15) is 0 Å². The Kier molecular flexibility index (Phi) is 3.09. The summed E-state index contributed by atoms with van der Waals surface area (Å²) in [6, 6.07) is 4.13. The van der Waals surface area contributed by atoms with E-state index in [0.29, 0.717) is 12.2 Å². The molecule has 0 saturated carbocycles. The summed E-state index contributed by atoms with van der Waals surface area (Å²) in [5, 5.41) is 13.4. The highest BCUT2D eigenvalue weighted by molar-refractivity contribution is 5.94. The molecule has 5 heteroatoms. The van der Waals surface area contributed by atoms with Gasteiger partial charge in [-0.1, -0.05) is 12.2 Å². The fourth-order valence-corrected chi connectivity index (χ4v) is 2.57. The van der Waals surface area contributed by atoms with Crippen LogP contribution in [0.2, 0.25) is 0 Å². The Hall–Kier alpha value is -3.48. The van der Waals surface area contributed by atoms with Gasteiger partial charge in [-0.25, -0.2) is 9.67 Å². The normalized spacial score (nSPS) is 14.9. The van der Waals surface area contributed by atoms with Gasteiger partial charge < -0.3 is 0 Å². The van der Waals surface area contributed by atoms with Gasteiger partial charge in [-0.15, -0.1) is 0 Å². The summed E-state index contributed by atoms with van der Waals surface area (Å²) in [5.41, 5.74) is 4.66. The molecule has 0 fully saturated rings. The molecular formula is C18H11N5. The van der Waals surface area contributed by atoms with Gasteiger partial charge in [-0.05, 0) is 29.7 Å². The molecule has 23 heavy (non-hydrogen) atoms. The van der Waals surface area contributed by atoms with Crippen molar-refractivity contribution >= 4 is 23.5 Å². The van der Waals surface area contributed by atoms with E-state index in [1.807, 2.05) is 53.5 Å². The number of rotatable bonds is 2. The van der Waals surface area contributed by atoms with Gasteiger partial charge in [-0.3, -0.25) is 0 Å². The summed E-state index contributed by atoms with van der Waals surface area (Å²) in [6.07, 6.45) is 15.6. The molecule has 0 atom stereocenters. The zero-order chi connectivity index (χ0) is 15.6. The molecule has 0 spiro atoms. The average molecular weight is 297 g/mol. The number of allylic oxidation sites excluding steroid dienone is 6. The van der Waals surface area contributed by atoms with Crippen molar-refractivity contribution in [1.29, 1.82) is 5.26 Å². The maximum atomic E-state index is 8.99. The van der Waals surface area contributed by atoms with Crippen LogP contribution in [0.5, 0.6) is 0 Å². The molecule has 0 aromatic carbocycles. The molecule has 108 valence electrons. The summed E-state index contributed by atoms with van der Waals surface area (Å²) in [5.74, 6) is 3.52. The third kappa shape index (κ3) is 2.34. The smallest absolute Gasteiger partial charge is 0.170 e. The maximum Gasteiger partial charge on any atom is 0.170 e. The van der Waals surface area contributed by atoms with Crippen LogP contribution in [-0.4, -0.2) is 20.6 Å². The van der Waals surface area contributed by atoms with Crippen molar-refractivity contribution in [3.05, 3.63) is 60.1 Å². The summed E-state index contributed by atoms with van der Waals surface area (Å²) >= 11 is 0. The number of nitrogens with zero attached hydrogens (tertiary/aromatic N) is 5. The predicted octanol–water partition coefficient (Wildman–Crippen LogP) is 3.52. The predicted molar refractivity (Wildman–Crippen MR) is 88.7 cm³/mol. The van der Waals surface area contributed by atoms with E-state index < -0.39 is 0 Å². The van der Waals surface area contributed by atoms with Crippen LogP contribution in [0.3, 0.4) is 0 Å². The summed E-state index contributed by atoms with van der Waals surface area (Å²) in [4.78, 5) is 8.33. The van der Waals surface area contributed by atoms with Crippen molar-refractivity contribution in [1.82, 2.24) is 14.8 Å². The van der Waals surface area contributed by atoms with E-state index in [2.05, 4.69) is 27.0 Å². The van der Waals surface area contributed by atoms with Gasteiger partial charge >= 0.3 is 0 Å². The van der Waals surface area contributed by atoms with E-state index in [4.69, 9.17) is 5.26 Å². The van der Waals surface area contributed by atoms with Crippen LogP contribution in [0.15, 0.2) is 59.5 Å². The fourth-order valence-electron chi connectivity index (χ4n) is 2.57. The Morgan fingerprint density at radius 3 is 3.22 bits per heavy atom. The van der Waals surface area contributed by atoms with Gasteiger partial charge in [0.15, 0.2) is 5.82 Å². The highest BCUT2D eigenvalue weighted by Crippen LogP contribution is 2.32. The second kappa shape index (κ2) is 5.38. The molecule has 2 aromatic rings. The number of hydrogen-bond acceptors (Lipinski definition) is 4. The number of hydrogen-bond donors (Lipinski definition) is 0. The largest absolute Gasteiger partial charge is 0.241 e. The minimum absolute atomic E-state index is 0.606. The zero-order valence-corrected chi connectivity index (χ0v) is 12.1.